The molecule has 4 nitrogen and oxygen atoms in total. The number of hydrogen-bond acceptors (Lipinski definition) is 4. The Morgan fingerprint density at radius 1 is 1.40 bits per heavy atom. The molecule has 0 radical (unpaired) electrons. The maximum absolute atomic E-state index is 10.9. The molecule has 0 saturated carbocycles. The first-order chi connectivity index (χ1) is 9.60. The summed E-state index contributed by atoms with van der Waals surface area (Å²) in [5.74, 6) is -0.883. The standard InChI is InChI=1S/C15H14N2O2S/c1-10-13(6-14(20-10)15(18)19)9-17-8-12-4-2-3-11(5-12)7-16/h2-6,17H,8-9H2,1H3,(H,18,19). The van der Waals surface area contributed by atoms with Gasteiger partial charge in [-0.2, -0.15) is 5.26 Å². The molecule has 0 unspecified atom stereocenters. The Morgan fingerprint density at radius 2 is 2.20 bits per heavy atom. The molecule has 0 saturated heterocycles. The van der Waals surface area contributed by atoms with E-state index in [-0.39, 0.29) is 0 Å². The van der Waals surface area contributed by atoms with Crippen molar-refractivity contribution in [3.63, 3.8) is 0 Å². The summed E-state index contributed by atoms with van der Waals surface area (Å²) in [4.78, 5) is 12.3. The summed E-state index contributed by atoms with van der Waals surface area (Å²) in [5, 5.41) is 21.0. The topological polar surface area (TPSA) is 73.1 Å². The van der Waals surface area contributed by atoms with Gasteiger partial charge < -0.3 is 10.4 Å². The minimum Gasteiger partial charge on any atom is -0.477 e. The third-order valence-electron chi connectivity index (χ3n) is 2.93. The second kappa shape index (κ2) is 6.33. The van der Waals surface area contributed by atoms with Crippen molar-refractivity contribution in [2.75, 3.05) is 0 Å². The zero-order chi connectivity index (χ0) is 14.5. The monoisotopic (exact) mass is 286 g/mol. The Morgan fingerprint density at radius 3 is 2.85 bits per heavy atom. The van der Waals surface area contributed by atoms with Crippen molar-refractivity contribution in [3.8, 4) is 6.07 Å². The summed E-state index contributed by atoms with van der Waals surface area (Å²) in [6.07, 6.45) is 0. The number of carboxylic acid groups (broad SMARTS) is 1. The predicted octanol–water partition coefficient (Wildman–Crippen LogP) is 2.92. The molecule has 1 aromatic carbocycles. The van der Waals surface area contributed by atoms with E-state index in [1.165, 1.54) is 11.3 Å². The number of aryl methyl sites for hydroxylation is 1. The number of nitriles is 1. The van der Waals surface area contributed by atoms with Crippen LogP contribution in [-0.4, -0.2) is 11.1 Å². The number of rotatable bonds is 5. The van der Waals surface area contributed by atoms with Gasteiger partial charge in [-0.05, 0) is 36.2 Å². The van der Waals surface area contributed by atoms with Crippen LogP contribution in [0.25, 0.3) is 0 Å². The molecule has 2 N–H and O–H groups in total. The van der Waals surface area contributed by atoms with Crippen molar-refractivity contribution >= 4 is 17.3 Å². The maximum Gasteiger partial charge on any atom is 0.345 e. The van der Waals surface area contributed by atoms with Crippen LogP contribution in [0.2, 0.25) is 0 Å². The van der Waals surface area contributed by atoms with Gasteiger partial charge in [-0.1, -0.05) is 12.1 Å². The molecule has 0 fully saturated rings. The van der Waals surface area contributed by atoms with Crippen LogP contribution in [0.15, 0.2) is 30.3 Å². The van der Waals surface area contributed by atoms with Gasteiger partial charge in [-0.15, -0.1) is 11.3 Å². The smallest absolute Gasteiger partial charge is 0.345 e. The van der Waals surface area contributed by atoms with Crippen LogP contribution >= 0.6 is 11.3 Å². The number of benzene rings is 1. The van der Waals surface area contributed by atoms with Gasteiger partial charge in [0.2, 0.25) is 0 Å². The van der Waals surface area contributed by atoms with Crippen molar-refractivity contribution in [3.05, 3.63) is 56.8 Å². The number of carboxylic acids is 1. The van der Waals surface area contributed by atoms with Crippen LogP contribution < -0.4 is 5.32 Å². The summed E-state index contributed by atoms with van der Waals surface area (Å²) in [6.45, 7) is 3.18. The third-order valence-corrected chi connectivity index (χ3v) is 4.01. The van der Waals surface area contributed by atoms with Crippen molar-refractivity contribution in [1.82, 2.24) is 5.32 Å². The normalized spacial score (nSPS) is 10.2. The Hall–Kier alpha value is -2.16. The van der Waals surface area contributed by atoms with Crippen LogP contribution in [0.3, 0.4) is 0 Å². The van der Waals surface area contributed by atoms with Crippen LogP contribution in [0.4, 0.5) is 0 Å². The molecule has 5 heteroatoms. The zero-order valence-electron chi connectivity index (χ0n) is 11.0. The van der Waals surface area contributed by atoms with Crippen LogP contribution in [0, 0.1) is 18.3 Å². The first-order valence-electron chi connectivity index (χ1n) is 6.12. The van der Waals surface area contributed by atoms with E-state index in [0.717, 1.165) is 16.0 Å². The van der Waals surface area contributed by atoms with E-state index in [1.54, 1.807) is 12.1 Å². The molecule has 0 bridgehead atoms. The largest absolute Gasteiger partial charge is 0.477 e. The molecule has 0 atom stereocenters. The van der Waals surface area contributed by atoms with Gasteiger partial charge in [0.05, 0.1) is 11.6 Å². The average Bonchev–Trinajstić information content (AvgIpc) is 2.81. The van der Waals surface area contributed by atoms with Gasteiger partial charge in [-0.3, -0.25) is 0 Å². The molecule has 20 heavy (non-hydrogen) atoms. The van der Waals surface area contributed by atoms with E-state index in [4.69, 9.17) is 10.4 Å². The highest BCUT2D eigenvalue weighted by molar-refractivity contribution is 7.14. The Labute approximate surface area is 121 Å². The summed E-state index contributed by atoms with van der Waals surface area (Å²) in [7, 11) is 0. The third kappa shape index (κ3) is 3.44. The quantitative estimate of drug-likeness (QED) is 0.886. The summed E-state index contributed by atoms with van der Waals surface area (Å²) in [6, 6.07) is 11.2. The lowest BCUT2D eigenvalue weighted by Gasteiger charge is -2.05. The van der Waals surface area contributed by atoms with E-state index in [1.807, 2.05) is 25.1 Å². The van der Waals surface area contributed by atoms with Crippen molar-refractivity contribution in [2.45, 2.75) is 20.0 Å². The maximum atomic E-state index is 10.9. The van der Waals surface area contributed by atoms with Gasteiger partial charge >= 0.3 is 5.97 Å². The van der Waals surface area contributed by atoms with Crippen LogP contribution in [0.1, 0.15) is 31.2 Å². The van der Waals surface area contributed by atoms with Crippen molar-refractivity contribution in [2.24, 2.45) is 0 Å². The molecule has 2 rings (SSSR count). The van der Waals surface area contributed by atoms with Gasteiger partial charge in [0, 0.05) is 18.0 Å². The average molecular weight is 286 g/mol. The van der Waals surface area contributed by atoms with E-state index < -0.39 is 5.97 Å². The molecular weight excluding hydrogens is 272 g/mol. The van der Waals surface area contributed by atoms with Crippen molar-refractivity contribution in [1.29, 1.82) is 5.26 Å². The first kappa shape index (κ1) is 14.3. The molecule has 1 aromatic heterocycles. The number of thiophene rings is 1. The number of carbonyl (C=O) groups is 1. The van der Waals surface area contributed by atoms with Gasteiger partial charge in [0.25, 0.3) is 0 Å². The summed E-state index contributed by atoms with van der Waals surface area (Å²) >= 11 is 1.29. The summed E-state index contributed by atoms with van der Waals surface area (Å²) in [5.41, 5.74) is 2.68. The Bertz CT molecular complexity index is 671. The van der Waals surface area contributed by atoms with Gasteiger partial charge in [0.15, 0.2) is 0 Å². The number of aromatic carboxylic acids is 1. The van der Waals surface area contributed by atoms with E-state index in [9.17, 15) is 4.79 Å². The molecule has 0 aliphatic heterocycles. The van der Waals surface area contributed by atoms with E-state index in [2.05, 4.69) is 11.4 Å². The highest BCUT2D eigenvalue weighted by atomic mass is 32.1. The molecule has 0 aliphatic carbocycles. The molecule has 0 amide bonds. The Kier molecular flexibility index (Phi) is 4.51. The fourth-order valence-electron chi connectivity index (χ4n) is 1.89. The number of nitrogens with one attached hydrogen (secondary N) is 1. The van der Waals surface area contributed by atoms with E-state index >= 15 is 0 Å². The lowest BCUT2D eigenvalue weighted by Crippen LogP contribution is -2.12. The SMILES string of the molecule is Cc1sc(C(=O)O)cc1CNCc1cccc(C#N)c1. The number of nitrogens with zero attached hydrogens (tertiary/aromatic N) is 1. The lowest BCUT2D eigenvalue weighted by atomic mass is 10.1. The molecule has 0 aliphatic rings. The molecule has 2 aromatic rings. The molecular formula is C15H14N2O2S. The molecule has 102 valence electrons. The second-order valence-electron chi connectivity index (χ2n) is 4.41. The van der Waals surface area contributed by atoms with Gasteiger partial charge in [-0.25, -0.2) is 4.79 Å². The molecule has 0 spiro atoms. The van der Waals surface area contributed by atoms with E-state index in [0.29, 0.717) is 23.5 Å². The highest BCUT2D eigenvalue weighted by Crippen LogP contribution is 2.21. The number of hydrogen-bond donors (Lipinski definition) is 2. The van der Waals surface area contributed by atoms with Crippen LogP contribution in [-0.2, 0) is 13.1 Å². The second-order valence-corrected chi connectivity index (χ2v) is 5.67. The molecule has 1 heterocycles. The summed E-state index contributed by atoms with van der Waals surface area (Å²) < 4.78 is 0. The Balaban J connectivity index is 1.96. The minimum atomic E-state index is -0.883. The zero-order valence-corrected chi connectivity index (χ0v) is 11.8. The minimum absolute atomic E-state index is 0.366. The predicted molar refractivity (Wildman–Crippen MR) is 77.7 cm³/mol. The first-order valence-corrected chi connectivity index (χ1v) is 6.94. The van der Waals surface area contributed by atoms with Gasteiger partial charge in [0.1, 0.15) is 4.88 Å². The van der Waals surface area contributed by atoms with Crippen LogP contribution in [0.5, 0.6) is 0 Å². The van der Waals surface area contributed by atoms with Crippen molar-refractivity contribution < 1.29 is 9.90 Å². The fourth-order valence-corrected chi connectivity index (χ4v) is 2.77. The fraction of sp³-hybridized carbons (Fsp3) is 0.200. The highest BCUT2D eigenvalue weighted by Gasteiger charge is 2.10. The lowest BCUT2D eigenvalue weighted by molar-refractivity contribution is 0.0702.